The molecule has 0 saturated heterocycles. The van der Waals surface area contributed by atoms with Gasteiger partial charge in [-0.25, -0.2) is 4.79 Å². The number of rotatable bonds is 4. The van der Waals surface area contributed by atoms with Crippen LogP contribution in [0.2, 0.25) is 0 Å². The van der Waals surface area contributed by atoms with E-state index in [0.29, 0.717) is 13.0 Å². The minimum absolute atomic E-state index is 0.123. The van der Waals surface area contributed by atoms with Crippen LogP contribution in [0.15, 0.2) is 0 Å². The molecule has 0 radical (unpaired) electrons. The molecule has 0 aromatic heterocycles. The molecule has 0 heterocycles. The first kappa shape index (κ1) is 15.4. The van der Waals surface area contributed by atoms with Crippen molar-refractivity contribution in [1.29, 1.82) is 0 Å². The van der Waals surface area contributed by atoms with E-state index in [1.807, 2.05) is 0 Å². The highest BCUT2D eigenvalue weighted by Crippen LogP contribution is 1.83. The van der Waals surface area contributed by atoms with E-state index in [2.05, 4.69) is 9.47 Å². The van der Waals surface area contributed by atoms with Gasteiger partial charge >= 0.3 is 11.9 Å². The van der Waals surface area contributed by atoms with Crippen LogP contribution < -0.4 is 0 Å². The molecule has 1 unspecified atom stereocenters. The highest BCUT2D eigenvalue weighted by Gasteiger charge is 2.06. The van der Waals surface area contributed by atoms with Crippen molar-refractivity contribution in [1.82, 2.24) is 0 Å². The molecular formula is C9H18O5. The van der Waals surface area contributed by atoms with Crippen molar-refractivity contribution in [2.45, 2.75) is 33.3 Å². The largest absolute Gasteiger partial charge is 0.479 e. The lowest BCUT2D eigenvalue weighted by Crippen LogP contribution is -2.17. The lowest BCUT2D eigenvalue weighted by Gasteiger charge is -1.98. The SMILES string of the molecule is CCOC(=O)CC.COC(C)C(=O)O. The van der Waals surface area contributed by atoms with E-state index in [9.17, 15) is 9.59 Å². The molecule has 0 aromatic carbocycles. The van der Waals surface area contributed by atoms with Gasteiger partial charge < -0.3 is 14.6 Å². The van der Waals surface area contributed by atoms with E-state index in [0.717, 1.165) is 0 Å². The van der Waals surface area contributed by atoms with Crippen molar-refractivity contribution in [3.8, 4) is 0 Å². The first-order chi connectivity index (χ1) is 6.49. The molecule has 0 aliphatic rings. The van der Waals surface area contributed by atoms with Gasteiger partial charge in [-0.3, -0.25) is 4.79 Å². The van der Waals surface area contributed by atoms with Crippen molar-refractivity contribution in [3.05, 3.63) is 0 Å². The average Bonchev–Trinajstić information content (AvgIpc) is 2.17. The van der Waals surface area contributed by atoms with Gasteiger partial charge in [0.25, 0.3) is 0 Å². The Hall–Kier alpha value is -1.10. The second-order valence-electron chi connectivity index (χ2n) is 2.37. The van der Waals surface area contributed by atoms with Crippen LogP contribution >= 0.6 is 0 Å². The molecule has 0 aromatic rings. The molecular weight excluding hydrogens is 188 g/mol. The van der Waals surface area contributed by atoms with Gasteiger partial charge in [-0.15, -0.1) is 0 Å². The Morgan fingerprint density at radius 1 is 1.36 bits per heavy atom. The van der Waals surface area contributed by atoms with Crippen molar-refractivity contribution in [2.75, 3.05) is 13.7 Å². The fraction of sp³-hybridized carbons (Fsp3) is 0.778. The molecule has 0 bridgehead atoms. The van der Waals surface area contributed by atoms with Crippen molar-refractivity contribution < 1.29 is 24.2 Å². The number of ether oxygens (including phenoxy) is 2. The van der Waals surface area contributed by atoms with Gasteiger partial charge in [0.05, 0.1) is 6.61 Å². The van der Waals surface area contributed by atoms with Gasteiger partial charge in [-0.05, 0) is 13.8 Å². The first-order valence-corrected chi connectivity index (χ1v) is 4.40. The maximum Gasteiger partial charge on any atom is 0.332 e. The quantitative estimate of drug-likeness (QED) is 0.696. The van der Waals surface area contributed by atoms with Gasteiger partial charge in [0.2, 0.25) is 0 Å². The Morgan fingerprint density at radius 3 is 1.93 bits per heavy atom. The van der Waals surface area contributed by atoms with Crippen LogP contribution in [0, 0.1) is 0 Å². The third-order valence-electron chi connectivity index (χ3n) is 1.30. The summed E-state index contributed by atoms with van der Waals surface area (Å²) in [5, 5.41) is 8.06. The summed E-state index contributed by atoms with van der Waals surface area (Å²) in [5.41, 5.74) is 0. The fourth-order valence-corrected chi connectivity index (χ4v) is 0.364. The highest BCUT2D eigenvalue weighted by atomic mass is 16.5. The Morgan fingerprint density at radius 2 is 1.86 bits per heavy atom. The number of carboxylic acid groups (broad SMARTS) is 1. The van der Waals surface area contributed by atoms with Gasteiger partial charge in [-0.2, -0.15) is 0 Å². The monoisotopic (exact) mass is 206 g/mol. The molecule has 84 valence electrons. The summed E-state index contributed by atoms with van der Waals surface area (Å²) < 4.78 is 8.96. The molecule has 1 N–H and O–H groups in total. The predicted molar refractivity (Wildman–Crippen MR) is 51.0 cm³/mol. The molecule has 5 nitrogen and oxygen atoms in total. The number of esters is 1. The molecule has 0 saturated carbocycles. The van der Waals surface area contributed by atoms with Crippen LogP contribution in [0.3, 0.4) is 0 Å². The molecule has 0 aliphatic carbocycles. The van der Waals surface area contributed by atoms with Gasteiger partial charge in [0.1, 0.15) is 0 Å². The lowest BCUT2D eigenvalue weighted by atomic mass is 10.4. The Kier molecular flexibility index (Phi) is 11.0. The number of carbonyl (C=O) groups is 2. The predicted octanol–water partition coefficient (Wildman–Crippen LogP) is 1.07. The second-order valence-corrected chi connectivity index (χ2v) is 2.37. The summed E-state index contributed by atoms with van der Waals surface area (Å²) >= 11 is 0. The van der Waals surface area contributed by atoms with E-state index in [1.54, 1.807) is 13.8 Å². The molecule has 0 aliphatic heterocycles. The second kappa shape index (κ2) is 9.98. The van der Waals surface area contributed by atoms with Crippen LogP contribution in [0.25, 0.3) is 0 Å². The first-order valence-electron chi connectivity index (χ1n) is 4.40. The Labute approximate surface area is 84.0 Å². The van der Waals surface area contributed by atoms with Gasteiger partial charge in [-0.1, -0.05) is 6.92 Å². The summed E-state index contributed by atoms with van der Waals surface area (Å²) in [5.74, 6) is -1.05. The van der Waals surface area contributed by atoms with Crippen LogP contribution in [0.1, 0.15) is 27.2 Å². The van der Waals surface area contributed by atoms with Crippen molar-refractivity contribution >= 4 is 11.9 Å². The third-order valence-corrected chi connectivity index (χ3v) is 1.30. The van der Waals surface area contributed by atoms with E-state index >= 15 is 0 Å². The lowest BCUT2D eigenvalue weighted by molar-refractivity contribution is -0.147. The molecule has 14 heavy (non-hydrogen) atoms. The molecule has 1 atom stereocenters. The fourth-order valence-electron chi connectivity index (χ4n) is 0.364. The summed E-state index contributed by atoms with van der Waals surface area (Å²) in [6.45, 7) is 5.54. The van der Waals surface area contributed by atoms with E-state index in [1.165, 1.54) is 14.0 Å². The highest BCUT2D eigenvalue weighted by molar-refractivity contribution is 5.71. The average molecular weight is 206 g/mol. The minimum Gasteiger partial charge on any atom is -0.479 e. The maximum atomic E-state index is 10.2. The van der Waals surface area contributed by atoms with Crippen molar-refractivity contribution in [3.63, 3.8) is 0 Å². The zero-order chi connectivity index (χ0) is 11.6. The summed E-state index contributed by atoms with van der Waals surface area (Å²) in [7, 11) is 1.36. The summed E-state index contributed by atoms with van der Waals surface area (Å²) in [6.07, 6.45) is -0.201. The summed E-state index contributed by atoms with van der Waals surface area (Å²) in [4.78, 5) is 20.0. The Balaban J connectivity index is 0. The molecule has 0 spiro atoms. The zero-order valence-corrected chi connectivity index (χ0v) is 9.07. The standard InChI is InChI=1S/C5H10O2.C4H8O3/c1-3-5(6)7-4-2;1-3(7-2)4(5)6/h3-4H2,1-2H3;3H,1-2H3,(H,5,6). The van der Waals surface area contributed by atoms with E-state index < -0.39 is 12.1 Å². The number of carbonyl (C=O) groups excluding carboxylic acids is 1. The number of hydrogen-bond donors (Lipinski definition) is 1. The third kappa shape index (κ3) is 10.9. The number of hydrogen-bond acceptors (Lipinski definition) is 4. The molecule has 0 amide bonds. The van der Waals surface area contributed by atoms with Gasteiger partial charge in [0.15, 0.2) is 6.10 Å². The number of methoxy groups -OCH3 is 1. The molecule has 0 fully saturated rings. The van der Waals surface area contributed by atoms with Crippen LogP contribution in [-0.2, 0) is 19.1 Å². The Bertz CT molecular complexity index is 165. The topological polar surface area (TPSA) is 72.8 Å². The minimum atomic E-state index is -0.928. The van der Waals surface area contributed by atoms with Crippen LogP contribution in [0.4, 0.5) is 0 Å². The zero-order valence-electron chi connectivity index (χ0n) is 9.07. The van der Waals surface area contributed by atoms with Crippen LogP contribution in [-0.4, -0.2) is 36.9 Å². The van der Waals surface area contributed by atoms with Crippen molar-refractivity contribution in [2.24, 2.45) is 0 Å². The summed E-state index contributed by atoms with van der Waals surface area (Å²) in [6, 6.07) is 0. The molecule has 5 heteroatoms. The number of carboxylic acids is 1. The van der Waals surface area contributed by atoms with Crippen LogP contribution in [0.5, 0.6) is 0 Å². The number of aliphatic carboxylic acids is 1. The van der Waals surface area contributed by atoms with E-state index in [-0.39, 0.29) is 5.97 Å². The van der Waals surface area contributed by atoms with E-state index in [4.69, 9.17) is 5.11 Å². The normalized spacial score (nSPS) is 10.9. The molecule has 0 rings (SSSR count). The maximum absolute atomic E-state index is 10.2. The van der Waals surface area contributed by atoms with Gasteiger partial charge in [0, 0.05) is 13.5 Å². The smallest absolute Gasteiger partial charge is 0.332 e.